The average Bonchev–Trinajstić information content (AvgIpc) is 2.36. The molecule has 0 aliphatic carbocycles. The number of hydrogen-bond donors (Lipinski definition) is 1. The summed E-state index contributed by atoms with van der Waals surface area (Å²) in [5.41, 5.74) is 1.76. The molecule has 3 nitrogen and oxygen atoms in total. The molecule has 0 fully saturated rings. The first-order valence-electron chi connectivity index (χ1n) is 6.21. The lowest BCUT2D eigenvalue weighted by molar-refractivity contribution is -0.142. The number of aliphatic carboxylic acids is 1. The van der Waals surface area contributed by atoms with Crippen molar-refractivity contribution in [2.45, 2.75) is 33.6 Å². The van der Waals surface area contributed by atoms with Crippen molar-refractivity contribution < 1.29 is 14.7 Å². The van der Waals surface area contributed by atoms with Crippen molar-refractivity contribution in [1.82, 2.24) is 0 Å². The van der Waals surface area contributed by atoms with Crippen LogP contribution in [0.1, 0.15) is 49.5 Å². The predicted molar refractivity (Wildman–Crippen MR) is 70.8 cm³/mol. The zero-order valence-corrected chi connectivity index (χ0v) is 11.3. The Morgan fingerprint density at radius 1 is 0.944 bits per heavy atom. The van der Waals surface area contributed by atoms with Crippen LogP contribution < -0.4 is 0 Å². The van der Waals surface area contributed by atoms with Crippen LogP contribution in [-0.4, -0.2) is 16.9 Å². The van der Waals surface area contributed by atoms with E-state index in [1.54, 1.807) is 26.0 Å². The summed E-state index contributed by atoms with van der Waals surface area (Å²) in [6.07, 6.45) is 0. The van der Waals surface area contributed by atoms with Crippen molar-refractivity contribution in [3.63, 3.8) is 0 Å². The van der Waals surface area contributed by atoms with E-state index in [9.17, 15) is 9.59 Å². The fourth-order valence-electron chi connectivity index (χ4n) is 1.74. The van der Waals surface area contributed by atoms with Crippen molar-refractivity contribution in [2.75, 3.05) is 0 Å². The number of carbonyl (C=O) groups is 2. The molecule has 1 aromatic rings. The molecule has 18 heavy (non-hydrogen) atoms. The largest absolute Gasteiger partial charge is 0.481 e. The summed E-state index contributed by atoms with van der Waals surface area (Å²) in [6, 6.07) is 7.41. The van der Waals surface area contributed by atoms with Crippen molar-refractivity contribution in [2.24, 2.45) is 11.8 Å². The minimum atomic E-state index is -0.936. The van der Waals surface area contributed by atoms with Gasteiger partial charge < -0.3 is 5.11 Å². The van der Waals surface area contributed by atoms with Gasteiger partial charge in [-0.25, -0.2) is 0 Å². The Morgan fingerprint density at radius 3 is 1.83 bits per heavy atom. The first kappa shape index (κ1) is 14.4. The molecule has 98 valence electrons. The Kier molecular flexibility index (Phi) is 4.65. The average molecular weight is 248 g/mol. The van der Waals surface area contributed by atoms with Crippen LogP contribution >= 0.6 is 0 Å². The topological polar surface area (TPSA) is 54.4 Å². The van der Waals surface area contributed by atoms with Gasteiger partial charge in [0.25, 0.3) is 0 Å². The summed E-state index contributed by atoms with van der Waals surface area (Å²) in [5.74, 6) is -1.80. The van der Waals surface area contributed by atoms with Gasteiger partial charge in [0.15, 0.2) is 5.78 Å². The van der Waals surface area contributed by atoms with Crippen LogP contribution in [0, 0.1) is 11.8 Å². The number of Topliss-reactive ketones (excluding diaryl/α,β-unsaturated/α-hetero) is 1. The number of benzene rings is 1. The first-order chi connectivity index (χ1) is 8.34. The lowest BCUT2D eigenvalue weighted by atomic mass is 9.88. The molecule has 1 aromatic carbocycles. The molecule has 0 heterocycles. The van der Waals surface area contributed by atoms with Crippen LogP contribution in [0.3, 0.4) is 0 Å². The number of hydrogen-bond acceptors (Lipinski definition) is 2. The van der Waals surface area contributed by atoms with Crippen molar-refractivity contribution in [3.8, 4) is 0 Å². The van der Waals surface area contributed by atoms with E-state index in [1.807, 2.05) is 12.1 Å². The summed E-state index contributed by atoms with van der Waals surface area (Å²) >= 11 is 0. The third-order valence-corrected chi connectivity index (χ3v) is 3.41. The smallest absolute Gasteiger partial charge is 0.306 e. The van der Waals surface area contributed by atoms with E-state index in [0.717, 1.165) is 0 Å². The Bertz CT molecular complexity index is 432. The normalized spacial score (nSPS) is 14.3. The molecule has 0 amide bonds. The number of carbonyl (C=O) groups excluding carboxylic acids is 1. The molecule has 1 N–H and O–H groups in total. The van der Waals surface area contributed by atoms with Crippen LogP contribution in [0.5, 0.6) is 0 Å². The second-order valence-electron chi connectivity index (χ2n) is 5.06. The van der Waals surface area contributed by atoms with Gasteiger partial charge >= 0.3 is 5.97 Å². The molecule has 0 saturated heterocycles. The molecule has 0 radical (unpaired) electrons. The summed E-state index contributed by atoms with van der Waals surface area (Å²) in [5, 5.41) is 8.91. The summed E-state index contributed by atoms with van der Waals surface area (Å²) in [6.45, 7) is 7.41. The molecular weight excluding hydrogens is 228 g/mol. The molecule has 0 spiro atoms. The van der Waals surface area contributed by atoms with Gasteiger partial charge in [-0.05, 0) is 11.5 Å². The van der Waals surface area contributed by atoms with Crippen LogP contribution in [0.25, 0.3) is 0 Å². The molecule has 2 unspecified atom stereocenters. The maximum absolute atomic E-state index is 12.1. The molecule has 0 bridgehead atoms. The molecular formula is C15H20O3. The van der Waals surface area contributed by atoms with E-state index in [2.05, 4.69) is 13.8 Å². The third kappa shape index (κ3) is 3.19. The Balaban J connectivity index is 2.87. The second-order valence-corrected chi connectivity index (χ2v) is 5.06. The monoisotopic (exact) mass is 248 g/mol. The minimum absolute atomic E-state index is 0.111. The van der Waals surface area contributed by atoms with Crippen molar-refractivity contribution in [1.29, 1.82) is 0 Å². The van der Waals surface area contributed by atoms with E-state index in [0.29, 0.717) is 11.5 Å². The zero-order valence-electron chi connectivity index (χ0n) is 11.3. The SMILES string of the molecule is CC(C)c1ccc(C(=O)C(C)C(C)C(=O)O)cc1. The third-order valence-electron chi connectivity index (χ3n) is 3.41. The molecule has 0 saturated carbocycles. The highest BCUT2D eigenvalue weighted by atomic mass is 16.4. The number of ketones is 1. The zero-order chi connectivity index (χ0) is 13.9. The summed E-state index contributed by atoms with van der Waals surface area (Å²) in [4.78, 5) is 23.0. The summed E-state index contributed by atoms with van der Waals surface area (Å²) < 4.78 is 0. The molecule has 0 aliphatic rings. The lowest BCUT2D eigenvalue weighted by Gasteiger charge is -2.15. The van der Waals surface area contributed by atoms with Gasteiger partial charge in [-0.15, -0.1) is 0 Å². The number of carboxylic acid groups (broad SMARTS) is 1. The van der Waals surface area contributed by atoms with E-state index in [4.69, 9.17) is 5.11 Å². The highest BCUT2D eigenvalue weighted by molar-refractivity contribution is 5.99. The molecule has 0 aliphatic heterocycles. The Morgan fingerprint density at radius 2 is 1.44 bits per heavy atom. The van der Waals surface area contributed by atoms with Gasteiger partial charge in [0.1, 0.15) is 0 Å². The predicted octanol–water partition coefficient (Wildman–Crippen LogP) is 3.35. The van der Waals surface area contributed by atoms with Gasteiger partial charge in [-0.3, -0.25) is 9.59 Å². The Labute approximate surface area is 108 Å². The Hall–Kier alpha value is -1.64. The molecule has 1 rings (SSSR count). The van der Waals surface area contributed by atoms with Crippen LogP contribution in [0.4, 0.5) is 0 Å². The molecule has 0 aromatic heterocycles. The van der Waals surface area contributed by atoms with Crippen LogP contribution in [0.2, 0.25) is 0 Å². The van der Waals surface area contributed by atoms with E-state index >= 15 is 0 Å². The van der Waals surface area contributed by atoms with Gasteiger partial charge in [0, 0.05) is 11.5 Å². The van der Waals surface area contributed by atoms with Crippen LogP contribution in [-0.2, 0) is 4.79 Å². The lowest BCUT2D eigenvalue weighted by Crippen LogP contribution is -2.25. The van der Waals surface area contributed by atoms with Crippen molar-refractivity contribution in [3.05, 3.63) is 35.4 Å². The highest BCUT2D eigenvalue weighted by Gasteiger charge is 2.26. The minimum Gasteiger partial charge on any atom is -0.481 e. The fraction of sp³-hybridized carbons (Fsp3) is 0.467. The second kappa shape index (κ2) is 5.80. The number of carboxylic acids is 1. The first-order valence-corrected chi connectivity index (χ1v) is 6.21. The molecule has 3 heteroatoms. The van der Waals surface area contributed by atoms with E-state index in [-0.39, 0.29) is 5.78 Å². The van der Waals surface area contributed by atoms with Gasteiger partial charge in [-0.2, -0.15) is 0 Å². The van der Waals surface area contributed by atoms with E-state index in [1.165, 1.54) is 5.56 Å². The fourth-order valence-corrected chi connectivity index (χ4v) is 1.74. The van der Waals surface area contributed by atoms with Gasteiger partial charge in [-0.1, -0.05) is 52.0 Å². The van der Waals surface area contributed by atoms with Crippen molar-refractivity contribution >= 4 is 11.8 Å². The highest BCUT2D eigenvalue weighted by Crippen LogP contribution is 2.20. The van der Waals surface area contributed by atoms with E-state index < -0.39 is 17.8 Å². The van der Waals surface area contributed by atoms with Gasteiger partial charge in [0.05, 0.1) is 5.92 Å². The maximum atomic E-state index is 12.1. The standard InChI is InChI=1S/C15H20O3/c1-9(2)12-5-7-13(8-6-12)14(16)10(3)11(4)15(17)18/h5-11H,1-4H3,(H,17,18). The molecule has 2 atom stereocenters. The maximum Gasteiger partial charge on any atom is 0.306 e. The van der Waals surface area contributed by atoms with Crippen LogP contribution in [0.15, 0.2) is 24.3 Å². The number of rotatable bonds is 5. The summed E-state index contributed by atoms with van der Waals surface area (Å²) in [7, 11) is 0. The quantitative estimate of drug-likeness (QED) is 0.813. The van der Waals surface area contributed by atoms with Gasteiger partial charge in [0.2, 0.25) is 0 Å².